The Kier molecular flexibility index (Phi) is 9.10. The molecular weight excluding hydrogens is 715 g/mol. The van der Waals surface area contributed by atoms with Crippen LogP contribution in [0.15, 0.2) is 94.7 Å². The summed E-state index contributed by atoms with van der Waals surface area (Å²) in [5.74, 6) is 0.633. The van der Waals surface area contributed by atoms with Gasteiger partial charge in [-0.3, -0.25) is 24.5 Å². The van der Waals surface area contributed by atoms with Gasteiger partial charge < -0.3 is 14.8 Å². The molecule has 0 radical (unpaired) electrons. The molecule has 5 aromatic carbocycles. The molecule has 0 saturated heterocycles. The predicted octanol–water partition coefficient (Wildman–Crippen LogP) is 6.13. The molecule has 1 heterocycles. The molecule has 0 fully saturated rings. The zero-order chi connectivity index (χ0) is 37.7. The van der Waals surface area contributed by atoms with Gasteiger partial charge in [0.2, 0.25) is 0 Å². The lowest BCUT2D eigenvalue weighted by Crippen LogP contribution is -2.21. The van der Waals surface area contributed by atoms with E-state index in [1.165, 1.54) is 38.1 Å². The summed E-state index contributed by atoms with van der Waals surface area (Å²) >= 11 is 0. The minimum absolute atomic E-state index is 0.0104. The van der Waals surface area contributed by atoms with Crippen molar-refractivity contribution in [1.29, 1.82) is 0 Å². The van der Waals surface area contributed by atoms with Gasteiger partial charge in [0.05, 0.1) is 10.6 Å². The molecule has 52 heavy (non-hydrogen) atoms. The fourth-order valence-electron chi connectivity index (χ4n) is 6.17. The number of carbonyl (C=O) groups is 1. The summed E-state index contributed by atoms with van der Waals surface area (Å²) in [6.45, 7) is 8.44. The number of amides is 1. The number of fused-ring (bicyclic) bond motifs is 2. The number of non-ortho nitro benzene ring substituents is 1. The smallest absolute Gasteiger partial charge is 0.417 e. The molecule has 0 atom stereocenters. The van der Waals surface area contributed by atoms with Gasteiger partial charge in [-0.2, -0.15) is 16.8 Å². The highest BCUT2D eigenvalue weighted by Gasteiger charge is 2.28. The van der Waals surface area contributed by atoms with Crippen LogP contribution in [0.2, 0.25) is 0 Å². The summed E-state index contributed by atoms with van der Waals surface area (Å²) in [4.78, 5) is 22.6. The second-order valence-electron chi connectivity index (χ2n) is 11.8. The highest BCUT2D eigenvalue weighted by Crippen LogP contribution is 2.42. The van der Waals surface area contributed by atoms with Gasteiger partial charge in [-0.15, -0.1) is 0 Å². The van der Waals surface area contributed by atoms with Gasteiger partial charge in [0.1, 0.15) is 27.0 Å². The maximum absolute atomic E-state index is 13.0. The van der Waals surface area contributed by atoms with Crippen LogP contribution in [0, 0.1) is 30.9 Å². The first-order chi connectivity index (χ1) is 24.4. The number of ether oxygens (including phenoxy) is 2. The summed E-state index contributed by atoms with van der Waals surface area (Å²) in [7, 11) is -9.46. The average molecular weight is 744 g/mol. The second kappa shape index (κ2) is 13.2. The van der Waals surface area contributed by atoms with E-state index in [1.807, 2.05) is 0 Å². The van der Waals surface area contributed by atoms with Gasteiger partial charge in [-0.05, 0) is 79.1 Å². The number of nitro groups is 1. The zero-order valence-corrected chi connectivity index (χ0v) is 29.3. The summed E-state index contributed by atoms with van der Waals surface area (Å²) in [5.41, 5.74) is 2.08. The van der Waals surface area contributed by atoms with Crippen molar-refractivity contribution in [1.82, 2.24) is 0 Å². The van der Waals surface area contributed by atoms with E-state index in [-0.39, 0.29) is 50.1 Å². The molecule has 5 aromatic rings. The molecule has 0 aromatic heterocycles. The molecule has 1 amide bonds. The molecule has 14 nitrogen and oxygen atoms in total. The van der Waals surface area contributed by atoms with Gasteiger partial charge >= 0.3 is 6.09 Å². The van der Waals surface area contributed by atoms with Gasteiger partial charge in [-0.1, -0.05) is 36.9 Å². The van der Waals surface area contributed by atoms with E-state index in [9.17, 15) is 40.8 Å². The minimum atomic E-state index is -4.83. The second-order valence-corrected chi connectivity index (χ2v) is 14.6. The number of hydrogen-bond donors (Lipinski definition) is 4. The van der Waals surface area contributed by atoms with Crippen LogP contribution in [-0.2, 0) is 20.2 Å². The Morgan fingerprint density at radius 3 is 2.13 bits per heavy atom. The molecule has 1 aliphatic heterocycles. The summed E-state index contributed by atoms with van der Waals surface area (Å²) < 4.78 is 82.0. The van der Waals surface area contributed by atoms with Crippen LogP contribution in [0.5, 0.6) is 17.2 Å². The van der Waals surface area contributed by atoms with Crippen molar-refractivity contribution in [2.45, 2.75) is 30.6 Å². The summed E-state index contributed by atoms with van der Waals surface area (Å²) in [6, 6.07) is 20.8. The van der Waals surface area contributed by atoms with Crippen LogP contribution in [0.25, 0.3) is 12.2 Å². The van der Waals surface area contributed by atoms with Gasteiger partial charge in [0.25, 0.3) is 25.9 Å². The van der Waals surface area contributed by atoms with E-state index < -0.39 is 36.1 Å². The van der Waals surface area contributed by atoms with Crippen molar-refractivity contribution in [3.63, 3.8) is 0 Å². The number of nitro benzene ring substituents is 1. The Bertz CT molecular complexity index is 2680. The zero-order valence-electron chi connectivity index (χ0n) is 27.6. The number of anilines is 3. The SMILES string of the molecule is C=c1ccc2c(c1)Oc1cc(Nc3c(C)c(NC(=O)Oc4ccc([N+](=O)[O-])cc4)c(C)c(S(=O)(=O)O)c3C)ccc1C=2c1ccccc1S(=O)(=O)O. The quantitative estimate of drug-likeness (QED) is 0.0788. The highest BCUT2D eigenvalue weighted by molar-refractivity contribution is 7.86. The van der Waals surface area contributed by atoms with Gasteiger partial charge in [-0.25, -0.2) is 4.79 Å². The maximum atomic E-state index is 13.0. The van der Waals surface area contributed by atoms with Crippen molar-refractivity contribution < 1.29 is 45.1 Å². The van der Waals surface area contributed by atoms with Gasteiger partial charge in [0, 0.05) is 51.5 Å². The number of nitrogens with one attached hydrogen (secondary N) is 2. The van der Waals surface area contributed by atoms with Crippen LogP contribution in [-0.4, -0.2) is 37.0 Å². The molecule has 0 unspecified atom stereocenters. The Morgan fingerprint density at radius 1 is 0.808 bits per heavy atom. The van der Waals surface area contributed by atoms with Crippen LogP contribution in [0.3, 0.4) is 0 Å². The number of nitrogens with zero attached hydrogens (tertiary/aromatic N) is 1. The lowest BCUT2D eigenvalue weighted by Gasteiger charge is -2.24. The monoisotopic (exact) mass is 743 g/mol. The normalized spacial score (nSPS) is 12.3. The van der Waals surface area contributed by atoms with E-state index in [2.05, 4.69) is 17.2 Å². The molecule has 16 heteroatoms. The third-order valence-corrected chi connectivity index (χ3v) is 10.5. The molecule has 266 valence electrons. The largest absolute Gasteiger partial charge is 0.456 e. The molecule has 1 aliphatic rings. The first-order valence-corrected chi connectivity index (χ1v) is 18.2. The van der Waals surface area contributed by atoms with Crippen molar-refractivity contribution in [2.75, 3.05) is 10.6 Å². The standard InChI is InChI=1S/C36H29N3O11S2/c1-19-9-15-26-29(17-19)50-30-18-23(10-16-27(30)32(26)28-7-5-6-8-31(28)51(43,44)45)37-33-20(2)34(22(4)35(21(33)3)52(46,47)48)38-36(40)49-25-13-11-24(12-14-25)39(41)42/h5-18,37H,1H2,2-4H3,(H,38,40)(H,43,44,45)(H,46,47,48). The molecule has 0 aliphatic carbocycles. The number of rotatable bonds is 8. The van der Waals surface area contributed by atoms with Gasteiger partial charge in [0.15, 0.2) is 0 Å². The molecule has 0 spiro atoms. The van der Waals surface area contributed by atoms with Crippen LogP contribution >= 0.6 is 0 Å². The van der Waals surface area contributed by atoms with Crippen molar-refractivity contribution in [3.8, 4) is 17.2 Å². The maximum Gasteiger partial charge on any atom is 0.417 e. The minimum Gasteiger partial charge on any atom is -0.456 e. The van der Waals surface area contributed by atoms with Crippen LogP contribution in [0.4, 0.5) is 27.5 Å². The Balaban J connectivity index is 1.43. The molecule has 0 bridgehead atoms. The average Bonchev–Trinajstić information content (AvgIpc) is 3.06. The summed E-state index contributed by atoms with van der Waals surface area (Å²) in [5, 5.41) is 17.8. The van der Waals surface area contributed by atoms with E-state index in [0.29, 0.717) is 38.6 Å². The van der Waals surface area contributed by atoms with Crippen LogP contribution in [0.1, 0.15) is 27.8 Å². The number of hydrogen-bond acceptors (Lipinski definition) is 10. The van der Waals surface area contributed by atoms with E-state index in [1.54, 1.807) is 55.5 Å². The first kappa shape index (κ1) is 35.7. The van der Waals surface area contributed by atoms with Crippen molar-refractivity contribution >= 4 is 61.2 Å². The van der Waals surface area contributed by atoms with E-state index >= 15 is 0 Å². The Labute approximate surface area is 297 Å². The lowest BCUT2D eigenvalue weighted by atomic mass is 9.92. The fraction of sp³-hybridized carbons (Fsp3) is 0.0833. The molecular formula is C36H29N3O11S2. The Hall–Kier alpha value is -6.07. The molecule has 4 N–H and O–H groups in total. The number of benzene rings is 5. The molecule has 0 saturated carbocycles. The van der Waals surface area contributed by atoms with E-state index in [0.717, 1.165) is 12.1 Å². The lowest BCUT2D eigenvalue weighted by molar-refractivity contribution is -0.384. The third-order valence-electron chi connectivity index (χ3n) is 8.41. The van der Waals surface area contributed by atoms with Crippen molar-refractivity contribution in [2.24, 2.45) is 0 Å². The van der Waals surface area contributed by atoms with E-state index in [4.69, 9.17) is 9.47 Å². The first-order valence-electron chi connectivity index (χ1n) is 15.3. The summed E-state index contributed by atoms with van der Waals surface area (Å²) in [6.07, 6.45) is -1.03. The Morgan fingerprint density at radius 2 is 1.48 bits per heavy atom. The van der Waals surface area contributed by atoms with Crippen LogP contribution < -0.4 is 30.5 Å². The third kappa shape index (κ3) is 6.82. The highest BCUT2D eigenvalue weighted by atomic mass is 32.2. The predicted molar refractivity (Wildman–Crippen MR) is 192 cm³/mol. The number of carbonyl (C=O) groups excluding carboxylic acids is 1. The topological polar surface area (TPSA) is 211 Å². The van der Waals surface area contributed by atoms with Crippen molar-refractivity contribution in [3.05, 3.63) is 133 Å². The fourth-order valence-corrected chi connectivity index (χ4v) is 7.85. The molecule has 6 rings (SSSR count).